The van der Waals surface area contributed by atoms with Crippen LogP contribution in [-0.2, 0) is 19.4 Å². The van der Waals surface area contributed by atoms with Crippen LogP contribution in [0.25, 0.3) is 0 Å². The van der Waals surface area contributed by atoms with Gasteiger partial charge in [0, 0.05) is 0 Å². The van der Waals surface area contributed by atoms with E-state index in [-0.39, 0.29) is 11.7 Å². The topological polar surface area (TPSA) is 60.4 Å². The Bertz CT molecular complexity index is 895. The molecule has 1 aromatic carbocycles. The van der Waals surface area contributed by atoms with Crippen LogP contribution in [0.3, 0.4) is 0 Å². The summed E-state index contributed by atoms with van der Waals surface area (Å²) in [5.74, 6) is -0.586. The Morgan fingerprint density at radius 1 is 0.842 bits per heavy atom. The molecule has 0 aliphatic heterocycles. The van der Waals surface area contributed by atoms with Crippen LogP contribution in [0.15, 0.2) is 29.2 Å². The molecular weight excluding hydrogens is 492 g/mol. The van der Waals surface area contributed by atoms with E-state index in [4.69, 9.17) is 4.74 Å². The molecule has 0 amide bonds. The maximum Gasteiger partial charge on any atom is 0.310 e. The van der Waals surface area contributed by atoms with Crippen molar-refractivity contribution in [1.82, 2.24) is 0 Å². The molecule has 1 atom stereocenters. The Morgan fingerprint density at radius 2 is 1.29 bits per heavy atom. The Labute approximate surface area is 234 Å². The van der Waals surface area contributed by atoms with Crippen molar-refractivity contribution in [3.8, 4) is 0 Å². The van der Waals surface area contributed by atoms with Crippen LogP contribution in [0, 0.1) is 18.3 Å². The molecule has 1 aromatic rings. The highest BCUT2D eigenvalue weighted by atomic mass is 32.2. The Kier molecular flexibility index (Phi) is 13.9. The molecule has 0 heterocycles. The molecule has 1 aliphatic rings. The van der Waals surface area contributed by atoms with Gasteiger partial charge in [0.1, 0.15) is 5.60 Å². The highest BCUT2D eigenvalue weighted by Crippen LogP contribution is 2.45. The number of esters is 1. The zero-order valence-corrected chi connectivity index (χ0v) is 26.0. The number of hydrogen-bond donors (Lipinski definition) is 0. The number of sulfone groups is 1. The average Bonchev–Trinajstić information content (AvgIpc) is 2.84. The molecule has 1 aliphatic carbocycles. The second-order valence-corrected chi connectivity index (χ2v) is 14.9. The third kappa shape index (κ3) is 11.4. The van der Waals surface area contributed by atoms with E-state index in [0.29, 0.717) is 11.3 Å². The summed E-state index contributed by atoms with van der Waals surface area (Å²) >= 11 is 0. The number of hydrogen-bond acceptors (Lipinski definition) is 4. The first-order chi connectivity index (χ1) is 18.0. The number of ether oxygens (including phenoxy) is 1. The highest BCUT2D eigenvalue weighted by molar-refractivity contribution is 7.91. The SMILES string of the molecule is CCCC[C@@H](C(=O)OC(C)(C)C)C1(CS(=O)(=O)c2ccc(C)cc2)CCCCCCCCCCCCCC1. The van der Waals surface area contributed by atoms with Gasteiger partial charge in [0.25, 0.3) is 0 Å². The molecule has 0 aromatic heterocycles. The van der Waals surface area contributed by atoms with E-state index in [0.717, 1.165) is 56.9 Å². The fourth-order valence-corrected chi connectivity index (χ4v) is 8.07. The minimum Gasteiger partial charge on any atom is -0.460 e. The van der Waals surface area contributed by atoms with Gasteiger partial charge in [0.05, 0.1) is 16.6 Å². The van der Waals surface area contributed by atoms with Crippen LogP contribution in [0.1, 0.15) is 142 Å². The van der Waals surface area contributed by atoms with Crippen LogP contribution in [0.2, 0.25) is 0 Å². The number of unbranched alkanes of at least 4 members (excludes halogenated alkanes) is 1. The zero-order valence-electron chi connectivity index (χ0n) is 25.2. The number of benzene rings is 1. The van der Waals surface area contributed by atoms with Crippen LogP contribution in [0.5, 0.6) is 0 Å². The molecule has 2 rings (SSSR count). The summed E-state index contributed by atoms with van der Waals surface area (Å²) in [6.45, 7) is 9.84. The second-order valence-electron chi connectivity index (χ2n) is 12.9. The summed E-state index contributed by atoms with van der Waals surface area (Å²) in [4.78, 5) is 14.2. The number of aryl methyl sites for hydroxylation is 1. The van der Waals surface area contributed by atoms with Crippen LogP contribution in [-0.4, -0.2) is 25.7 Å². The fourth-order valence-electron chi connectivity index (χ4n) is 6.10. The van der Waals surface area contributed by atoms with Crippen LogP contribution < -0.4 is 0 Å². The van der Waals surface area contributed by atoms with Gasteiger partial charge < -0.3 is 4.74 Å². The van der Waals surface area contributed by atoms with Crippen molar-refractivity contribution in [3.63, 3.8) is 0 Å². The van der Waals surface area contributed by atoms with E-state index >= 15 is 0 Å². The molecule has 4 nitrogen and oxygen atoms in total. The van der Waals surface area contributed by atoms with E-state index in [1.807, 2.05) is 39.8 Å². The van der Waals surface area contributed by atoms with Crippen LogP contribution in [0.4, 0.5) is 0 Å². The molecule has 5 heteroatoms. The molecular formula is C33H56O4S. The van der Waals surface area contributed by atoms with Crippen molar-refractivity contribution < 1.29 is 17.9 Å². The van der Waals surface area contributed by atoms with E-state index < -0.39 is 26.8 Å². The largest absolute Gasteiger partial charge is 0.460 e. The van der Waals surface area contributed by atoms with E-state index in [1.165, 1.54) is 51.4 Å². The highest BCUT2D eigenvalue weighted by Gasteiger charge is 2.46. The lowest BCUT2D eigenvalue weighted by Crippen LogP contribution is -2.44. The first-order valence-corrected chi connectivity index (χ1v) is 17.2. The monoisotopic (exact) mass is 548 g/mol. The minimum absolute atomic E-state index is 0.0245. The molecule has 218 valence electrons. The first-order valence-electron chi connectivity index (χ1n) is 15.5. The van der Waals surface area contributed by atoms with Crippen molar-refractivity contribution in [2.24, 2.45) is 11.3 Å². The van der Waals surface area contributed by atoms with Gasteiger partial charge in [-0.3, -0.25) is 4.79 Å². The maximum atomic E-state index is 14.0. The van der Waals surface area contributed by atoms with E-state index in [2.05, 4.69) is 6.92 Å². The average molecular weight is 549 g/mol. The molecule has 0 bridgehead atoms. The normalized spacial score (nSPS) is 19.6. The van der Waals surface area contributed by atoms with Gasteiger partial charge in [0.2, 0.25) is 0 Å². The van der Waals surface area contributed by atoms with Crippen molar-refractivity contribution in [1.29, 1.82) is 0 Å². The van der Waals surface area contributed by atoms with E-state index in [9.17, 15) is 13.2 Å². The Hall–Kier alpha value is -1.36. The fraction of sp³-hybridized carbons (Fsp3) is 0.788. The predicted molar refractivity (Wildman–Crippen MR) is 159 cm³/mol. The summed E-state index contributed by atoms with van der Waals surface area (Å²) in [7, 11) is -3.57. The number of carbonyl (C=O) groups excluding carboxylic acids is 1. The second kappa shape index (κ2) is 16.0. The van der Waals surface area contributed by atoms with Crippen molar-refractivity contribution in [3.05, 3.63) is 29.8 Å². The van der Waals surface area contributed by atoms with Gasteiger partial charge in [-0.1, -0.05) is 115 Å². The smallest absolute Gasteiger partial charge is 0.310 e. The molecule has 0 unspecified atom stereocenters. The van der Waals surface area contributed by atoms with Crippen molar-refractivity contribution in [2.75, 3.05) is 5.75 Å². The van der Waals surface area contributed by atoms with E-state index in [1.54, 1.807) is 12.1 Å². The summed E-state index contributed by atoms with van der Waals surface area (Å²) < 4.78 is 33.9. The van der Waals surface area contributed by atoms with Gasteiger partial charge in [-0.15, -0.1) is 0 Å². The third-order valence-corrected chi connectivity index (χ3v) is 10.2. The molecule has 1 fully saturated rings. The lowest BCUT2D eigenvalue weighted by atomic mass is 9.68. The Balaban J connectivity index is 2.50. The summed E-state index contributed by atoms with van der Waals surface area (Å²) in [6.07, 6.45) is 18.4. The minimum atomic E-state index is -3.57. The number of rotatable bonds is 8. The van der Waals surface area contributed by atoms with Crippen molar-refractivity contribution >= 4 is 15.8 Å². The van der Waals surface area contributed by atoms with Crippen molar-refractivity contribution in [2.45, 2.75) is 154 Å². The molecule has 0 radical (unpaired) electrons. The summed E-state index contributed by atoms with van der Waals surface area (Å²) in [5, 5.41) is 0. The van der Waals surface area contributed by atoms with Crippen LogP contribution >= 0.6 is 0 Å². The standard InChI is InChI=1S/C33H56O4S/c1-6-7-20-30(31(34)37-32(3,4)5)33(27-38(35,36)29-23-21-28(2)22-24-29)25-18-16-14-12-10-8-9-11-13-15-17-19-26-33/h21-24,30H,6-20,25-27H2,1-5H3/t30-/m0/s1. The van der Waals surface area contributed by atoms with Gasteiger partial charge in [-0.25, -0.2) is 8.42 Å². The molecule has 1 saturated carbocycles. The summed E-state index contributed by atoms with van der Waals surface area (Å²) in [5.41, 5.74) is -0.165. The zero-order chi connectivity index (χ0) is 28.1. The third-order valence-electron chi connectivity index (χ3n) is 8.23. The van der Waals surface area contributed by atoms with Gasteiger partial charge in [-0.05, 0) is 64.5 Å². The van der Waals surface area contributed by atoms with Gasteiger partial charge in [0.15, 0.2) is 9.84 Å². The molecule has 0 spiro atoms. The lowest BCUT2D eigenvalue weighted by molar-refractivity contribution is -0.165. The molecule has 0 saturated heterocycles. The lowest BCUT2D eigenvalue weighted by Gasteiger charge is -2.41. The van der Waals surface area contributed by atoms with Gasteiger partial charge in [-0.2, -0.15) is 0 Å². The molecule has 38 heavy (non-hydrogen) atoms. The Morgan fingerprint density at radius 3 is 1.71 bits per heavy atom. The summed E-state index contributed by atoms with van der Waals surface area (Å²) in [6, 6.07) is 7.22. The molecule has 0 N–H and O–H groups in total. The van der Waals surface area contributed by atoms with Gasteiger partial charge >= 0.3 is 5.97 Å². The quantitative estimate of drug-likeness (QED) is 0.304. The first kappa shape index (κ1) is 32.8. The maximum absolute atomic E-state index is 14.0. The predicted octanol–water partition coefficient (Wildman–Crippen LogP) is 9.38. The number of carbonyl (C=O) groups is 1.